The van der Waals surface area contributed by atoms with Crippen molar-refractivity contribution in [3.63, 3.8) is 0 Å². The summed E-state index contributed by atoms with van der Waals surface area (Å²) < 4.78 is 19.2. The quantitative estimate of drug-likeness (QED) is 0.894. The van der Waals surface area contributed by atoms with Crippen LogP contribution in [0.2, 0.25) is 0 Å². The third-order valence-corrected chi connectivity index (χ3v) is 4.61. The van der Waals surface area contributed by atoms with Gasteiger partial charge in [0.25, 0.3) is 5.91 Å². The average molecular weight is 356 g/mol. The number of benzene rings is 2. The molecule has 0 radical (unpaired) electrons. The van der Waals surface area contributed by atoms with Gasteiger partial charge < -0.3 is 10.1 Å². The Labute approximate surface area is 154 Å². The molecular weight excluding hydrogens is 331 g/mol. The molecule has 26 heavy (non-hydrogen) atoms. The molecule has 0 spiro atoms. The highest BCUT2D eigenvalue weighted by Crippen LogP contribution is 2.13. The van der Waals surface area contributed by atoms with Gasteiger partial charge in [0, 0.05) is 31.7 Å². The maximum Gasteiger partial charge on any atom is 0.251 e. The van der Waals surface area contributed by atoms with Crippen LogP contribution in [0.15, 0.2) is 42.5 Å². The Hall–Kier alpha value is -2.24. The Morgan fingerprint density at radius 1 is 1.27 bits per heavy atom. The summed E-state index contributed by atoms with van der Waals surface area (Å²) in [5.41, 5.74) is 3.12. The van der Waals surface area contributed by atoms with E-state index >= 15 is 0 Å². The summed E-state index contributed by atoms with van der Waals surface area (Å²) in [6.45, 7) is 7.69. The first-order chi connectivity index (χ1) is 12.5. The number of rotatable bonds is 5. The molecule has 1 atom stereocenters. The van der Waals surface area contributed by atoms with Gasteiger partial charge in [-0.3, -0.25) is 9.69 Å². The molecule has 1 N–H and O–H groups in total. The molecule has 5 heteroatoms. The van der Waals surface area contributed by atoms with Crippen molar-refractivity contribution in [2.24, 2.45) is 0 Å². The van der Waals surface area contributed by atoms with E-state index in [9.17, 15) is 9.18 Å². The highest BCUT2D eigenvalue weighted by Gasteiger charge is 2.16. The summed E-state index contributed by atoms with van der Waals surface area (Å²) in [5.74, 6) is -0.629. The van der Waals surface area contributed by atoms with E-state index in [0.717, 1.165) is 31.8 Å². The van der Waals surface area contributed by atoms with Gasteiger partial charge in [-0.15, -0.1) is 0 Å². The number of carbonyl (C=O) groups excluding carboxylic acids is 1. The number of aryl methyl sites for hydroxylation is 1. The summed E-state index contributed by atoms with van der Waals surface area (Å²) in [4.78, 5) is 14.6. The summed E-state index contributed by atoms with van der Waals surface area (Å²) in [6, 6.07) is 12.7. The SMILES string of the molecule is Cc1ccc(C(=O)NCc2cccc(CN3CCOC(C)C3)c2)cc1F. The Bertz CT molecular complexity index is 778. The first-order valence-electron chi connectivity index (χ1n) is 8.97. The van der Waals surface area contributed by atoms with Crippen LogP contribution in [0.1, 0.15) is 34.0 Å². The van der Waals surface area contributed by atoms with Crippen molar-refractivity contribution in [2.75, 3.05) is 19.7 Å². The van der Waals surface area contributed by atoms with Crippen LogP contribution in [0.25, 0.3) is 0 Å². The molecule has 1 unspecified atom stereocenters. The van der Waals surface area contributed by atoms with Crippen LogP contribution in [0.4, 0.5) is 4.39 Å². The number of morpholine rings is 1. The second-order valence-corrected chi connectivity index (χ2v) is 6.88. The molecule has 1 aliphatic heterocycles. The fourth-order valence-electron chi connectivity index (χ4n) is 3.15. The van der Waals surface area contributed by atoms with Gasteiger partial charge in [0.15, 0.2) is 0 Å². The fourth-order valence-corrected chi connectivity index (χ4v) is 3.15. The Morgan fingerprint density at radius 3 is 2.85 bits per heavy atom. The summed E-state index contributed by atoms with van der Waals surface area (Å²) >= 11 is 0. The minimum Gasteiger partial charge on any atom is -0.376 e. The smallest absolute Gasteiger partial charge is 0.251 e. The predicted octanol–water partition coefficient (Wildman–Crippen LogP) is 3.28. The lowest BCUT2D eigenvalue weighted by atomic mass is 10.1. The third-order valence-electron chi connectivity index (χ3n) is 4.61. The van der Waals surface area contributed by atoms with Crippen LogP contribution in [0.3, 0.4) is 0 Å². The maximum absolute atomic E-state index is 13.6. The van der Waals surface area contributed by atoms with E-state index in [-0.39, 0.29) is 17.8 Å². The minimum atomic E-state index is -0.362. The number of nitrogens with zero attached hydrogens (tertiary/aromatic N) is 1. The zero-order valence-electron chi connectivity index (χ0n) is 15.3. The van der Waals surface area contributed by atoms with Crippen molar-refractivity contribution in [3.05, 3.63) is 70.5 Å². The first kappa shape index (κ1) is 18.5. The molecule has 1 heterocycles. The number of carbonyl (C=O) groups is 1. The fraction of sp³-hybridized carbons (Fsp3) is 0.381. The highest BCUT2D eigenvalue weighted by molar-refractivity contribution is 5.94. The van der Waals surface area contributed by atoms with Gasteiger partial charge in [-0.1, -0.05) is 30.3 Å². The van der Waals surface area contributed by atoms with Gasteiger partial charge in [-0.25, -0.2) is 4.39 Å². The topological polar surface area (TPSA) is 41.6 Å². The van der Waals surface area contributed by atoms with Crippen LogP contribution in [-0.2, 0) is 17.8 Å². The number of nitrogens with one attached hydrogen (secondary N) is 1. The molecule has 2 aromatic rings. The second kappa shape index (κ2) is 8.43. The lowest BCUT2D eigenvalue weighted by molar-refractivity contribution is -0.0212. The molecule has 0 saturated carbocycles. The zero-order valence-corrected chi connectivity index (χ0v) is 15.3. The Kier molecular flexibility index (Phi) is 6.01. The van der Waals surface area contributed by atoms with E-state index in [4.69, 9.17) is 4.74 Å². The van der Waals surface area contributed by atoms with Gasteiger partial charge >= 0.3 is 0 Å². The van der Waals surface area contributed by atoms with Crippen molar-refractivity contribution in [3.8, 4) is 0 Å². The van der Waals surface area contributed by atoms with Crippen molar-refractivity contribution in [2.45, 2.75) is 33.0 Å². The van der Waals surface area contributed by atoms with E-state index in [2.05, 4.69) is 29.3 Å². The minimum absolute atomic E-state index is 0.265. The van der Waals surface area contributed by atoms with Crippen LogP contribution in [-0.4, -0.2) is 36.6 Å². The third kappa shape index (κ3) is 4.90. The molecule has 2 aromatic carbocycles. The van der Waals surface area contributed by atoms with Crippen molar-refractivity contribution in [1.82, 2.24) is 10.2 Å². The van der Waals surface area contributed by atoms with Crippen molar-refractivity contribution < 1.29 is 13.9 Å². The number of amides is 1. The van der Waals surface area contributed by atoms with Crippen LogP contribution >= 0.6 is 0 Å². The standard InChI is InChI=1S/C21H25FN2O2/c1-15-6-7-19(11-20(15)22)21(25)23-12-17-4-3-5-18(10-17)14-24-8-9-26-16(2)13-24/h3-7,10-11,16H,8-9,12-14H2,1-2H3,(H,23,25). The Balaban J connectivity index is 1.58. The lowest BCUT2D eigenvalue weighted by Gasteiger charge is -2.31. The average Bonchev–Trinajstić information content (AvgIpc) is 2.62. The molecule has 1 saturated heterocycles. The van der Waals surface area contributed by atoms with Crippen LogP contribution in [0.5, 0.6) is 0 Å². The van der Waals surface area contributed by atoms with Gasteiger partial charge in [-0.2, -0.15) is 0 Å². The van der Waals surface area contributed by atoms with Gasteiger partial charge in [0.2, 0.25) is 0 Å². The molecular formula is C21H25FN2O2. The monoisotopic (exact) mass is 356 g/mol. The molecule has 1 fully saturated rings. The molecule has 0 aliphatic carbocycles. The zero-order chi connectivity index (χ0) is 18.5. The highest BCUT2D eigenvalue weighted by atomic mass is 19.1. The lowest BCUT2D eigenvalue weighted by Crippen LogP contribution is -2.40. The second-order valence-electron chi connectivity index (χ2n) is 6.88. The van der Waals surface area contributed by atoms with E-state index < -0.39 is 0 Å². The number of hydrogen-bond acceptors (Lipinski definition) is 3. The van der Waals surface area contributed by atoms with Gasteiger partial charge in [-0.05, 0) is 42.7 Å². The van der Waals surface area contributed by atoms with E-state index in [1.54, 1.807) is 19.1 Å². The number of hydrogen-bond donors (Lipinski definition) is 1. The van der Waals surface area contributed by atoms with Gasteiger partial charge in [0.1, 0.15) is 5.82 Å². The van der Waals surface area contributed by atoms with Crippen molar-refractivity contribution in [1.29, 1.82) is 0 Å². The molecule has 138 valence electrons. The Morgan fingerprint density at radius 2 is 2.08 bits per heavy atom. The van der Waals surface area contributed by atoms with Gasteiger partial charge in [0.05, 0.1) is 12.7 Å². The molecule has 0 bridgehead atoms. The van der Waals surface area contributed by atoms with E-state index in [1.165, 1.54) is 11.6 Å². The summed E-state index contributed by atoms with van der Waals surface area (Å²) in [5, 5.41) is 2.86. The van der Waals surface area contributed by atoms with E-state index in [0.29, 0.717) is 17.7 Å². The largest absolute Gasteiger partial charge is 0.376 e. The van der Waals surface area contributed by atoms with Crippen molar-refractivity contribution >= 4 is 5.91 Å². The summed E-state index contributed by atoms with van der Waals surface area (Å²) in [6.07, 6.45) is 0.265. The molecule has 0 aromatic heterocycles. The number of ether oxygens (including phenoxy) is 1. The van der Waals surface area contributed by atoms with Crippen LogP contribution in [0, 0.1) is 12.7 Å². The maximum atomic E-state index is 13.6. The first-order valence-corrected chi connectivity index (χ1v) is 8.97. The molecule has 1 amide bonds. The molecule has 4 nitrogen and oxygen atoms in total. The molecule has 1 aliphatic rings. The molecule has 3 rings (SSSR count). The normalized spacial score (nSPS) is 17.9. The summed E-state index contributed by atoms with van der Waals surface area (Å²) in [7, 11) is 0. The van der Waals surface area contributed by atoms with Crippen LogP contribution < -0.4 is 5.32 Å². The predicted molar refractivity (Wildman–Crippen MR) is 99.4 cm³/mol. The number of halogens is 1. The van der Waals surface area contributed by atoms with E-state index in [1.807, 2.05) is 12.1 Å².